The first-order valence-electron chi connectivity index (χ1n) is 15.3. The van der Waals surface area contributed by atoms with Gasteiger partial charge in [0.15, 0.2) is 12.6 Å². The van der Waals surface area contributed by atoms with Crippen molar-refractivity contribution in [3.05, 3.63) is 0 Å². The Morgan fingerprint density at radius 1 is 1.07 bits per heavy atom. The molecule has 13 atom stereocenters. The van der Waals surface area contributed by atoms with Crippen LogP contribution in [0, 0.1) is 5.41 Å². The topological polar surface area (TPSA) is 280 Å². The minimum absolute atomic E-state index is 0.0979. The molecule has 258 valence electrons. The lowest BCUT2D eigenvalue weighted by molar-refractivity contribution is -0.307. The van der Waals surface area contributed by atoms with Crippen LogP contribution < -0.4 is 27.4 Å². The summed E-state index contributed by atoms with van der Waals surface area (Å²) >= 11 is 0. The van der Waals surface area contributed by atoms with Gasteiger partial charge in [-0.05, 0) is 33.2 Å². The molecule has 2 heterocycles. The molecule has 0 aromatic carbocycles. The van der Waals surface area contributed by atoms with Crippen LogP contribution in [0.5, 0.6) is 0 Å². The molecule has 17 heteroatoms. The summed E-state index contributed by atoms with van der Waals surface area (Å²) < 4.78 is 29.4. The molecule has 3 aliphatic rings. The van der Waals surface area contributed by atoms with Gasteiger partial charge in [-0.2, -0.15) is 0 Å². The van der Waals surface area contributed by atoms with E-state index in [1.54, 1.807) is 7.05 Å². The fraction of sp³-hybridized carbons (Fsp3) is 0.963. The summed E-state index contributed by atoms with van der Waals surface area (Å²) in [6.45, 7) is 1.80. The summed E-state index contributed by atoms with van der Waals surface area (Å²) in [5.41, 5.74) is 11.5. The first-order valence-corrected chi connectivity index (χ1v) is 15.3. The molecular formula is C27H54N6O11. The Bertz CT molecular complexity index is 863. The number of rotatable bonds is 16. The van der Waals surface area contributed by atoms with Crippen molar-refractivity contribution < 1.29 is 54.3 Å². The summed E-state index contributed by atoms with van der Waals surface area (Å²) in [5, 5.41) is 78.2. The van der Waals surface area contributed by atoms with Crippen LogP contribution >= 0.6 is 0 Å². The normalized spacial score (nSPS) is 40.5. The summed E-state index contributed by atoms with van der Waals surface area (Å²) in [4.78, 5) is 0. The van der Waals surface area contributed by atoms with E-state index >= 15 is 0 Å². The standard InChI is InChI=1S/C27H54N6O11/c1-27(39)13-41-26(21(38)24(27)31-2)44-23-18(33-19(30)5-7-40-8-6-34)9-17(29)22(20(23)37)43-25-16(28)4-3-15(42-25)11-32-10-14(36)12-35/h14-18,20-26,31-32,34-39H,3-13,28-29H2,1-2H3,(H2,30,33)/t14?,15-,16?,17-,18+,20?,21?,22?,23?,24+,25+,26+,27?/m0/s1. The van der Waals surface area contributed by atoms with E-state index in [1.165, 1.54) is 6.92 Å². The van der Waals surface area contributed by atoms with Gasteiger partial charge in [0, 0.05) is 25.6 Å². The van der Waals surface area contributed by atoms with Crippen LogP contribution in [-0.4, -0.2) is 169 Å². The number of aliphatic hydroxyl groups is 6. The Labute approximate surface area is 258 Å². The molecule has 0 radical (unpaired) electrons. The van der Waals surface area contributed by atoms with Gasteiger partial charge >= 0.3 is 0 Å². The van der Waals surface area contributed by atoms with Crippen LogP contribution in [0.15, 0.2) is 0 Å². The first kappa shape index (κ1) is 37.3. The molecule has 0 aromatic rings. The highest BCUT2D eigenvalue weighted by atomic mass is 16.7. The van der Waals surface area contributed by atoms with Gasteiger partial charge in [0.1, 0.15) is 30.0 Å². The molecule has 3 rings (SSSR count). The number of nitrogens with one attached hydrogen (secondary N) is 4. The second-order valence-electron chi connectivity index (χ2n) is 12.1. The third-order valence-corrected chi connectivity index (χ3v) is 8.29. The molecule has 2 saturated heterocycles. The van der Waals surface area contributed by atoms with Crippen LogP contribution in [0.25, 0.3) is 0 Å². The Morgan fingerprint density at radius 3 is 2.48 bits per heavy atom. The molecule has 1 aliphatic carbocycles. The Kier molecular flexibility index (Phi) is 15.0. The van der Waals surface area contributed by atoms with Crippen molar-refractivity contribution in [3.63, 3.8) is 0 Å². The Hall–Kier alpha value is -1.13. The van der Waals surface area contributed by atoms with Gasteiger partial charge in [0.05, 0.1) is 69.2 Å². The molecule has 14 N–H and O–H groups in total. The number of likely N-dealkylation sites (N-methyl/N-ethyl adjacent to an activating group) is 1. The fourth-order valence-corrected chi connectivity index (χ4v) is 5.88. The molecule has 7 unspecified atom stereocenters. The van der Waals surface area contributed by atoms with Crippen LogP contribution in [0.4, 0.5) is 0 Å². The summed E-state index contributed by atoms with van der Waals surface area (Å²) in [6, 6.07) is -2.70. The van der Waals surface area contributed by atoms with E-state index in [4.69, 9.17) is 50.8 Å². The largest absolute Gasteiger partial charge is 0.394 e. The molecule has 2 aliphatic heterocycles. The van der Waals surface area contributed by atoms with Gasteiger partial charge in [-0.15, -0.1) is 0 Å². The van der Waals surface area contributed by atoms with Gasteiger partial charge in [0.2, 0.25) is 0 Å². The number of ether oxygens (including phenoxy) is 5. The predicted octanol–water partition coefficient (Wildman–Crippen LogP) is -4.99. The summed E-state index contributed by atoms with van der Waals surface area (Å²) in [7, 11) is 1.60. The number of nitrogens with two attached hydrogens (primary N) is 2. The molecule has 0 spiro atoms. The van der Waals surface area contributed by atoms with Crippen LogP contribution in [0.1, 0.15) is 32.6 Å². The van der Waals surface area contributed by atoms with Gasteiger partial charge < -0.3 is 81.7 Å². The van der Waals surface area contributed by atoms with E-state index in [0.29, 0.717) is 19.4 Å². The highest BCUT2D eigenvalue weighted by Gasteiger charge is 2.51. The number of hydrogen-bond donors (Lipinski definition) is 12. The van der Waals surface area contributed by atoms with Crippen molar-refractivity contribution in [1.29, 1.82) is 5.41 Å². The predicted molar refractivity (Wildman–Crippen MR) is 157 cm³/mol. The van der Waals surface area contributed by atoms with Crippen LogP contribution in [0.2, 0.25) is 0 Å². The third-order valence-electron chi connectivity index (χ3n) is 8.29. The zero-order valence-corrected chi connectivity index (χ0v) is 25.6. The van der Waals surface area contributed by atoms with E-state index in [9.17, 15) is 20.4 Å². The Morgan fingerprint density at radius 2 is 1.80 bits per heavy atom. The molecular weight excluding hydrogens is 584 g/mol. The fourth-order valence-electron chi connectivity index (χ4n) is 5.88. The molecule has 0 amide bonds. The minimum Gasteiger partial charge on any atom is -0.394 e. The molecule has 1 saturated carbocycles. The lowest BCUT2D eigenvalue weighted by atomic mass is 9.83. The average Bonchev–Trinajstić information content (AvgIpc) is 2.97. The second kappa shape index (κ2) is 17.7. The van der Waals surface area contributed by atoms with Gasteiger partial charge in [-0.3, -0.25) is 5.41 Å². The van der Waals surface area contributed by atoms with Gasteiger partial charge in [-0.1, -0.05) is 0 Å². The highest BCUT2D eigenvalue weighted by molar-refractivity contribution is 5.79. The zero-order chi connectivity index (χ0) is 32.4. The van der Waals surface area contributed by atoms with Crippen molar-refractivity contribution >= 4 is 5.84 Å². The average molecular weight is 639 g/mol. The summed E-state index contributed by atoms with van der Waals surface area (Å²) in [5.74, 6) is 0.0979. The zero-order valence-electron chi connectivity index (χ0n) is 25.6. The van der Waals surface area contributed by atoms with Gasteiger partial charge in [0.25, 0.3) is 0 Å². The maximum atomic E-state index is 11.6. The quantitative estimate of drug-likeness (QED) is 0.0428. The van der Waals surface area contributed by atoms with Crippen molar-refractivity contribution in [3.8, 4) is 0 Å². The van der Waals surface area contributed by atoms with Crippen molar-refractivity contribution in [2.75, 3.05) is 53.2 Å². The van der Waals surface area contributed by atoms with Crippen LogP contribution in [-0.2, 0) is 23.7 Å². The smallest absolute Gasteiger partial charge is 0.185 e. The number of amidine groups is 1. The summed E-state index contributed by atoms with van der Waals surface area (Å²) in [6.07, 6.45) is -6.44. The monoisotopic (exact) mass is 638 g/mol. The maximum absolute atomic E-state index is 11.6. The maximum Gasteiger partial charge on any atom is 0.185 e. The molecule has 0 aromatic heterocycles. The highest BCUT2D eigenvalue weighted by Crippen LogP contribution is 2.32. The lowest BCUT2D eigenvalue weighted by Crippen LogP contribution is -2.69. The molecule has 3 fully saturated rings. The van der Waals surface area contributed by atoms with Crippen molar-refractivity contribution in [1.82, 2.24) is 16.0 Å². The van der Waals surface area contributed by atoms with E-state index in [0.717, 1.165) is 0 Å². The van der Waals surface area contributed by atoms with Crippen LogP contribution in [0.3, 0.4) is 0 Å². The molecule has 44 heavy (non-hydrogen) atoms. The van der Waals surface area contributed by atoms with Crippen molar-refractivity contribution in [2.45, 2.75) is 112 Å². The van der Waals surface area contributed by atoms with Gasteiger partial charge in [-0.25, -0.2) is 0 Å². The number of aliphatic hydroxyl groups excluding tert-OH is 5. The third kappa shape index (κ3) is 10.2. The van der Waals surface area contributed by atoms with Crippen molar-refractivity contribution in [2.24, 2.45) is 11.5 Å². The van der Waals surface area contributed by atoms with E-state index < -0.39 is 72.9 Å². The van der Waals surface area contributed by atoms with E-state index in [2.05, 4.69) is 16.0 Å². The first-order chi connectivity index (χ1) is 20.9. The van der Waals surface area contributed by atoms with E-state index in [1.807, 2.05) is 0 Å². The lowest BCUT2D eigenvalue weighted by Gasteiger charge is -2.49. The second-order valence-corrected chi connectivity index (χ2v) is 12.1. The molecule has 17 nitrogen and oxygen atoms in total. The SMILES string of the molecule is CN[C@@H]1C(O)[C@@H](OC2C(O)C(O[C@H]3O[C@H](CNCC(O)CO)CCC3N)[C@@H](N)C[C@H]2NC(=N)CCOCCO)OCC1(C)O. The molecule has 0 bridgehead atoms. The Balaban J connectivity index is 1.72. The van der Waals surface area contributed by atoms with E-state index in [-0.39, 0.29) is 64.4 Å². The number of hydrogen-bond acceptors (Lipinski definition) is 16. The minimum atomic E-state index is -1.38.